The lowest BCUT2D eigenvalue weighted by Crippen LogP contribution is -2.08. The molecule has 0 unspecified atom stereocenters. The van der Waals surface area contributed by atoms with Crippen LogP contribution in [0.15, 0.2) is 18.3 Å². The van der Waals surface area contributed by atoms with Crippen molar-refractivity contribution < 1.29 is 13.2 Å². The number of aryl methyl sites for hydroxylation is 1. The Hall–Kier alpha value is -1.27. The van der Waals surface area contributed by atoms with Crippen LogP contribution in [0.25, 0.3) is 5.82 Å². The maximum absolute atomic E-state index is 12.6. The van der Waals surface area contributed by atoms with E-state index in [-0.39, 0.29) is 11.0 Å². The summed E-state index contributed by atoms with van der Waals surface area (Å²) < 4.78 is 39.0. The molecule has 0 N–H and O–H groups in total. The Morgan fingerprint density at radius 1 is 1.22 bits per heavy atom. The van der Waals surface area contributed by atoms with Gasteiger partial charge >= 0.3 is 6.18 Å². The van der Waals surface area contributed by atoms with Crippen LogP contribution in [-0.2, 0) is 6.18 Å². The molecule has 0 spiro atoms. The van der Waals surface area contributed by atoms with Gasteiger partial charge in [-0.2, -0.15) is 18.3 Å². The zero-order chi connectivity index (χ0) is 13.5. The van der Waals surface area contributed by atoms with Crippen molar-refractivity contribution in [1.82, 2.24) is 14.8 Å². The molecule has 3 nitrogen and oxygen atoms in total. The number of nitrogens with zero attached hydrogens (tertiary/aromatic N) is 3. The summed E-state index contributed by atoms with van der Waals surface area (Å²) in [6.45, 7) is 1.63. The van der Waals surface area contributed by atoms with Gasteiger partial charge in [0.1, 0.15) is 5.15 Å². The van der Waals surface area contributed by atoms with Gasteiger partial charge in [0.15, 0.2) is 5.82 Å². The van der Waals surface area contributed by atoms with E-state index in [0.29, 0.717) is 10.7 Å². The molecule has 96 valence electrons. The molecule has 0 aliphatic carbocycles. The average Bonchev–Trinajstić information content (AvgIpc) is 2.57. The van der Waals surface area contributed by atoms with E-state index >= 15 is 0 Å². The fourth-order valence-corrected chi connectivity index (χ4v) is 1.65. The van der Waals surface area contributed by atoms with Crippen molar-refractivity contribution in [3.63, 3.8) is 0 Å². The Labute approximate surface area is 110 Å². The first-order valence-corrected chi connectivity index (χ1v) is 5.50. The zero-order valence-corrected chi connectivity index (χ0v) is 10.5. The predicted octanol–water partition coefficient (Wildman–Crippen LogP) is 3.90. The third-order valence-corrected chi connectivity index (χ3v) is 2.75. The van der Waals surface area contributed by atoms with Gasteiger partial charge in [-0.25, -0.2) is 9.67 Å². The number of hydrogen-bond donors (Lipinski definition) is 0. The van der Waals surface area contributed by atoms with Crippen molar-refractivity contribution in [3.05, 3.63) is 39.8 Å². The summed E-state index contributed by atoms with van der Waals surface area (Å²) in [6.07, 6.45) is -3.12. The smallest absolute Gasteiger partial charge is 0.221 e. The predicted molar refractivity (Wildman–Crippen MR) is 61.1 cm³/mol. The molecule has 2 heterocycles. The van der Waals surface area contributed by atoms with E-state index in [0.717, 1.165) is 16.8 Å². The molecule has 0 aromatic carbocycles. The van der Waals surface area contributed by atoms with Crippen LogP contribution in [0.1, 0.15) is 11.3 Å². The molecule has 8 heteroatoms. The summed E-state index contributed by atoms with van der Waals surface area (Å²) in [7, 11) is 0. The molecule has 0 atom stereocenters. The van der Waals surface area contributed by atoms with Gasteiger partial charge in [0.2, 0.25) is 0 Å². The van der Waals surface area contributed by atoms with Crippen molar-refractivity contribution in [2.75, 3.05) is 0 Å². The molecule has 2 aromatic heterocycles. The van der Waals surface area contributed by atoms with E-state index in [2.05, 4.69) is 10.1 Å². The van der Waals surface area contributed by atoms with Crippen LogP contribution < -0.4 is 0 Å². The van der Waals surface area contributed by atoms with E-state index in [1.807, 2.05) is 0 Å². The van der Waals surface area contributed by atoms with Gasteiger partial charge in [-0.3, -0.25) is 0 Å². The maximum Gasteiger partial charge on any atom is 0.416 e. The highest BCUT2D eigenvalue weighted by Gasteiger charge is 2.31. The standard InChI is InChI=1S/C10H6Cl2F3N3/c1-5-7(11)4-18(17-5)9-3-6(10(13,14)15)2-8(12)16-9/h2-4H,1H3. The summed E-state index contributed by atoms with van der Waals surface area (Å²) >= 11 is 11.3. The van der Waals surface area contributed by atoms with Crippen LogP contribution in [0.5, 0.6) is 0 Å². The number of alkyl halides is 3. The molecule has 0 aliphatic heterocycles. The number of hydrogen-bond acceptors (Lipinski definition) is 2. The van der Waals surface area contributed by atoms with Crippen LogP contribution in [0.4, 0.5) is 13.2 Å². The minimum absolute atomic E-state index is 0.0372. The van der Waals surface area contributed by atoms with Crippen molar-refractivity contribution in [3.8, 4) is 5.82 Å². The Balaban J connectivity index is 2.55. The monoisotopic (exact) mass is 295 g/mol. The molecule has 0 fully saturated rings. The van der Waals surface area contributed by atoms with Crippen molar-refractivity contribution in [2.45, 2.75) is 13.1 Å². The summed E-state index contributed by atoms with van der Waals surface area (Å²) in [5, 5.41) is 4.02. The second-order valence-electron chi connectivity index (χ2n) is 3.54. The van der Waals surface area contributed by atoms with Crippen LogP contribution in [0, 0.1) is 6.92 Å². The highest BCUT2D eigenvalue weighted by molar-refractivity contribution is 6.31. The van der Waals surface area contributed by atoms with E-state index < -0.39 is 11.7 Å². The van der Waals surface area contributed by atoms with Gasteiger partial charge in [0.25, 0.3) is 0 Å². The Morgan fingerprint density at radius 2 is 1.89 bits per heavy atom. The second kappa shape index (κ2) is 4.44. The second-order valence-corrected chi connectivity index (χ2v) is 4.34. The molecule has 0 radical (unpaired) electrons. The molecule has 0 amide bonds. The minimum atomic E-state index is -4.49. The van der Waals surface area contributed by atoms with E-state index in [1.54, 1.807) is 6.92 Å². The SMILES string of the molecule is Cc1nn(-c2cc(C(F)(F)F)cc(Cl)n2)cc1Cl. The minimum Gasteiger partial charge on any atom is -0.221 e. The first kappa shape index (κ1) is 13.2. The highest BCUT2D eigenvalue weighted by atomic mass is 35.5. The van der Waals surface area contributed by atoms with E-state index in [1.165, 1.54) is 6.20 Å². The first-order chi connectivity index (χ1) is 8.27. The average molecular weight is 296 g/mol. The van der Waals surface area contributed by atoms with Crippen molar-refractivity contribution >= 4 is 23.2 Å². The molecular weight excluding hydrogens is 290 g/mol. The molecule has 0 saturated heterocycles. The number of pyridine rings is 1. The molecule has 0 bridgehead atoms. The summed E-state index contributed by atoms with van der Waals surface area (Å²) in [5.74, 6) is -0.0372. The lowest BCUT2D eigenvalue weighted by Gasteiger charge is -2.08. The third-order valence-electron chi connectivity index (χ3n) is 2.18. The molecule has 2 rings (SSSR count). The quantitative estimate of drug-likeness (QED) is 0.747. The van der Waals surface area contributed by atoms with Crippen molar-refractivity contribution in [1.29, 1.82) is 0 Å². The topological polar surface area (TPSA) is 30.7 Å². The van der Waals surface area contributed by atoms with Crippen molar-refractivity contribution in [2.24, 2.45) is 0 Å². The normalized spacial score (nSPS) is 11.9. The number of aromatic nitrogens is 3. The Bertz CT molecular complexity index is 573. The van der Waals surface area contributed by atoms with Crippen LogP contribution in [0.3, 0.4) is 0 Å². The zero-order valence-electron chi connectivity index (χ0n) is 8.96. The van der Waals surface area contributed by atoms with E-state index in [4.69, 9.17) is 23.2 Å². The van der Waals surface area contributed by atoms with Gasteiger partial charge in [-0.1, -0.05) is 23.2 Å². The Morgan fingerprint density at radius 3 is 2.39 bits per heavy atom. The molecule has 0 aliphatic rings. The van der Waals surface area contributed by atoms with E-state index in [9.17, 15) is 13.2 Å². The highest BCUT2D eigenvalue weighted by Crippen LogP contribution is 2.31. The first-order valence-electron chi connectivity index (χ1n) is 4.74. The van der Waals surface area contributed by atoms with Gasteiger partial charge in [-0.15, -0.1) is 0 Å². The third kappa shape index (κ3) is 2.59. The van der Waals surface area contributed by atoms with Gasteiger partial charge in [0, 0.05) is 0 Å². The fourth-order valence-electron chi connectivity index (χ4n) is 1.32. The van der Waals surface area contributed by atoms with Gasteiger partial charge in [0.05, 0.1) is 22.5 Å². The summed E-state index contributed by atoms with van der Waals surface area (Å²) in [4.78, 5) is 3.78. The molecule has 18 heavy (non-hydrogen) atoms. The number of halogens is 5. The van der Waals surface area contributed by atoms with Gasteiger partial charge in [-0.05, 0) is 19.1 Å². The van der Waals surface area contributed by atoms with Crippen LogP contribution in [-0.4, -0.2) is 14.8 Å². The lowest BCUT2D eigenvalue weighted by atomic mass is 10.2. The number of rotatable bonds is 1. The Kier molecular flexibility index (Phi) is 3.25. The lowest BCUT2D eigenvalue weighted by molar-refractivity contribution is -0.137. The fraction of sp³-hybridized carbons (Fsp3) is 0.200. The van der Waals surface area contributed by atoms with Crippen LogP contribution in [0.2, 0.25) is 10.2 Å². The summed E-state index contributed by atoms with van der Waals surface area (Å²) in [5.41, 5.74) is -0.395. The summed E-state index contributed by atoms with van der Waals surface area (Å²) in [6, 6.07) is 1.61. The molecule has 2 aromatic rings. The molecule has 0 saturated carbocycles. The van der Waals surface area contributed by atoms with Gasteiger partial charge < -0.3 is 0 Å². The molecular formula is C10H6Cl2F3N3. The largest absolute Gasteiger partial charge is 0.416 e. The van der Waals surface area contributed by atoms with Crippen LogP contribution >= 0.6 is 23.2 Å². The maximum atomic E-state index is 12.6.